The van der Waals surface area contributed by atoms with E-state index in [0.717, 1.165) is 56.5 Å². The zero-order valence-corrected chi connectivity index (χ0v) is 21.1. The van der Waals surface area contributed by atoms with Crippen molar-refractivity contribution in [3.05, 3.63) is 121 Å². The van der Waals surface area contributed by atoms with Gasteiger partial charge in [-0.1, -0.05) is 36.4 Å². The van der Waals surface area contributed by atoms with Crippen molar-refractivity contribution in [2.75, 3.05) is 12.4 Å². The lowest BCUT2D eigenvalue weighted by molar-refractivity contribution is 0.413. The molecule has 0 aliphatic heterocycles. The van der Waals surface area contributed by atoms with Gasteiger partial charge in [-0.05, 0) is 61.0 Å². The molecule has 1 N–H and O–H groups in total. The molecule has 4 aromatic carbocycles. The number of hydrogen-bond acceptors (Lipinski definition) is 4. The Kier molecular flexibility index (Phi) is 6.09. The topological polar surface area (TPSA) is 56.9 Å². The molecule has 0 amide bonds. The maximum atomic E-state index is 13.7. The second-order valence-electron chi connectivity index (χ2n) is 9.12. The van der Waals surface area contributed by atoms with Gasteiger partial charge in [0.05, 0.1) is 36.0 Å². The third-order valence-corrected chi connectivity index (χ3v) is 6.51. The lowest BCUT2D eigenvalue weighted by Gasteiger charge is -2.13. The average molecular weight is 504 g/mol. The molecular formula is C31H26FN5O. The van der Waals surface area contributed by atoms with Gasteiger partial charge in [0, 0.05) is 30.1 Å². The van der Waals surface area contributed by atoms with Crippen LogP contribution >= 0.6 is 0 Å². The fourth-order valence-corrected chi connectivity index (χ4v) is 4.67. The van der Waals surface area contributed by atoms with Crippen LogP contribution in [-0.2, 0) is 6.54 Å². The SMILES string of the molecule is COc1cc(Nc2cccc3c2nc(-c2ccc(F)cc2)n3Cc2ccccc2)ccc1-n1cnc(C)c1. The smallest absolute Gasteiger partial charge is 0.144 e. The predicted molar refractivity (Wildman–Crippen MR) is 149 cm³/mol. The molecule has 2 heterocycles. The summed E-state index contributed by atoms with van der Waals surface area (Å²) in [6.45, 7) is 2.59. The van der Waals surface area contributed by atoms with Crippen molar-refractivity contribution in [2.45, 2.75) is 13.5 Å². The van der Waals surface area contributed by atoms with E-state index in [1.807, 2.05) is 66.2 Å². The number of aryl methyl sites for hydroxylation is 1. The summed E-state index contributed by atoms with van der Waals surface area (Å²) in [6, 6.07) is 28.8. The molecule has 0 spiro atoms. The Balaban J connectivity index is 1.43. The van der Waals surface area contributed by atoms with Crippen LogP contribution in [0.5, 0.6) is 5.75 Å². The first-order valence-corrected chi connectivity index (χ1v) is 12.3. The minimum Gasteiger partial charge on any atom is -0.494 e. The predicted octanol–water partition coefficient (Wildman–Crippen LogP) is 7.14. The number of nitrogens with zero attached hydrogens (tertiary/aromatic N) is 4. The van der Waals surface area contributed by atoms with Gasteiger partial charge in [-0.2, -0.15) is 0 Å². The van der Waals surface area contributed by atoms with Crippen molar-refractivity contribution in [1.82, 2.24) is 19.1 Å². The van der Waals surface area contributed by atoms with Crippen LogP contribution in [0.25, 0.3) is 28.1 Å². The Morgan fingerprint density at radius 3 is 2.47 bits per heavy atom. The van der Waals surface area contributed by atoms with Crippen molar-refractivity contribution >= 4 is 22.4 Å². The second kappa shape index (κ2) is 9.86. The van der Waals surface area contributed by atoms with Crippen LogP contribution in [0.1, 0.15) is 11.3 Å². The van der Waals surface area contributed by atoms with Crippen LogP contribution in [0.2, 0.25) is 0 Å². The molecule has 0 bridgehead atoms. The Hall–Kier alpha value is -4.91. The van der Waals surface area contributed by atoms with E-state index in [1.54, 1.807) is 25.6 Å². The molecule has 38 heavy (non-hydrogen) atoms. The van der Waals surface area contributed by atoms with Gasteiger partial charge in [0.15, 0.2) is 0 Å². The summed E-state index contributed by atoms with van der Waals surface area (Å²) >= 11 is 0. The first kappa shape index (κ1) is 23.5. The molecule has 0 radical (unpaired) electrons. The minimum absolute atomic E-state index is 0.273. The van der Waals surface area contributed by atoms with E-state index in [0.29, 0.717) is 6.54 Å². The third kappa shape index (κ3) is 4.50. The molecular weight excluding hydrogens is 477 g/mol. The van der Waals surface area contributed by atoms with Crippen molar-refractivity contribution in [3.8, 4) is 22.8 Å². The lowest BCUT2D eigenvalue weighted by Crippen LogP contribution is -2.02. The molecule has 7 heteroatoms. The Morgan fingerprint density at radius 2 is 1.74 bits per heavy atom. The van der Waals surface area contributed by atoms with Crippen molar-refractivity contribution < 1.29 is 9.13 Å². The van der Waals surface area contributed by atoms with Gasteiger partial charge >= 0.3 is 0 Å². The van der Waals surface area contributed by atoms with Crippen LogP contribution in [0.4, 0.5) is 15.8 Å². The molecule has 0 aliphatic rings. The van der Waals surface area contributed by atoms with E-state index in [1.165, 1.54) is 12.1 Å². The van der Waals surface area contributed by atoms with Crippen molar-refractivity contribution in [2.24, 2.45) is 0 Å². The highest BCUT2D eigenvalue weighted by Gasteiger charge is 2.17. The van der Waals surface area contributed by atoms with Gasteiger partial charge < -0.3 is 19.2 Å². The lowest BCUT2D eigenvalue weighted by atomic mass is 10.2. The first-order chi connectivity index (χ1) is 18.6. The number of anilines is 2. The molecule has 2 aromatic heterocycles. The fourth-order valence-electron chi connectivity index (χ4n) is 4.67. The van der Waals surface area contributed by atoms with Crippen LogP contribution in [0.15, 0.2) is 104 Å². The summed E-state index contributed by atoms with van der Waals surface area (Å²) in [5, 5.41) is 3.53. The van der Waals surface area contributed by atoms with Crippen molar-refractivity contribution in [1.29, 1.82) is 0 Å². The molecule has 0 saturated heterocycles. The summed E-state index contributed by atoms with van der Waals surface area (Å²) < 4.78 is 23.5. The van der Waals surface area contributed by atoms with Gasteiger partial charge in [0.1, 0.15) is 22.9 Å². The number of nitrogens with one attached hydrogen (secondary N) is 1. The summed E-state index contributed by atoms with van der Waals surface area (Å²) in [4.78, 5) is 9.37. The number of rotatable bonds is 7. The quantitative estimate of drug-likeness (QED) is 0.252. The number of fused-ring (bicyclic) bond motifs is 1. The van der Waals surface area contributed by atoms with Crippen molar-refractivity contribution in [3.63, 3.8) is 0 Å². The maximum absolute atomic E-state index is 13.7. The van der Waals surface area contributed by atoms with Gasteiger partial charge in [0.25, 0.3) is 0 Å². The number of para-hydroxylation sites is 1. The molecule has 6 nitrogen and oxygen atoms in total. The molecule has 0 unspecified atom stereocenters. The number of methoxy groups -OCH3 is 1. The van der Waals surface area contributed by atoms with Crippen LogP contribution < -0.4 is 10.1 Å². The number of imidazole rings is 2. The van der Waals surface area contributed by atoms with Gasteiger partial charge in [0.2, 0.25) is 0 Å². The number of hydrogen-bond donors (Lipinski definition) is 1. The normalized spacial score (nSPS) is 11.1. The Morgan fingerprint density at radius 1 is 0.921 bits per heavy atom. The molecule has 6 rings (SSSR count). The van der Waals surface area contributed by atoms with Gasteiger partial charge in [-0.15, -0.1) is 0 Å². The molecule has 0 saturated carbocycles. The van der Waals surface area contributed by atoms with E-state index in [-0.39, 0.29) is 5.82 Å². The number of ether oxygens (including phenoxy) is 1. The van der Waals surface area contributed by atoms with Crippen LogP contribution in [0.3, 0.4) is 0 Å². The van der Waals surface area contributed by atoms with Crippen LogP contribution in [-0.4, -0.2) is 26.2 Å². The molecule has 0 aliphatic carbocycles. The van der Waals surface area contributed by atoms with E-state index >= 15 is 0 Å². The van der Waals surface area contributed by atoms with E-state index in [4.69, 9.17) is 9.72 Å². The zero-order valence-electron chi connectivity index (χ0n) is 21.1. The summed E-state index contributed by atoms with van der Waals surface area (Å²) in [6.07, 6.45) is 3.74. The summed E-state index contributed by atoms with van der Waals surface area (Å²) in [5.41, 5.74) is 7.40. The number of benzene rings is 4. The third-order valence-electron chi connectivity index (χ3n) is 6.51. The summed E-state index contributed by atoms with van der Waals surface area (Å²) in [7, 11) is 1.66. The molecule has 6 aromatic rings. The highest BCUT2D eigenvalue weighted by Crippen LogP contribution is 2.34. The Labute approximate surface area is 220 Å². The Bertz CT molecular complexity index is 1720. The highest BCUT2D eigenvalue weighted by atomic mass is 19.1. The first-order valence-electron chi connectivity index (χ1n) is 12.3. The standard InChI is InChI=1S/C31H26FN5O/c1-21-18-36(20-33-21)27-16-15-25(17-29(27)38-2)34-26-9-6-10-28-30(26)35-31(23-11-13-24(32)14-12-23)37(28)19-22-7-4-3-5-8-22/h3-18,20,34H,19H2,1-2H3. The fraction of sp³-hybridized carbons (Fsp3) is 0.0968. The van der Waals surface area contributed by atoms with E-state index < -0.39 is 0 Å². The minimum atomic E-state index is -0.273. The molecule has 0 atom stereocenters. The van der Waals surface area contributed by atoms with Gasteiger partial charge in [-0.3, -0.25) is 0 Å². The number of aromatic nitrogens is 4. The second-order valence-corrected chi connectivity index (χ2v) is 9.12. The number of halogens is 1. The summed E-state index contributed by atoms with van der Waals surface area (Å²) in [5.74, 6) is 1.23. The maximum Gasteiger partial charge on any atom is 0.144 e. The zero-order chi connectivity index (χ0) is 26.1. The monoisotopic (exact) mass is 503 g/mol. The van der Waals surface area contributed by atoms with E-state index in [2.05, 4.69) is 33.1 Å². The van der Waals surface area contributed by atoms with Gasteiger partial charge in [-0.25, -0.2) is 14.4 Å². The average Bonchev–Trinajstić information content (AvgIpc) is 3.54. The highest BCUT2D eigenvalue weighted by molar-refractivity contribution is 5.93. The molecule has 188 valence electrons. The molecule has 0 fully saturated rings. The largest absolute Gasteiger partial charge is 0.494 e. The van der Waals surface area contributed by atoms with E-state index in [9.17, 15) is 4.39 Å². The van der Waals surface area contributed by atoms with Crippen LogP contribution in [0, 0.1) is 12.7 Å².